The standard InChI is InChI=1S/C29H17Cl2F3N4O2/c30-21-9-10-23(37-28(40)17-7-4-8-19(13-17)29(32,33)34)25(31)24(21)20-14-18-15-35-12-11-22(18)36-26(20)38-27(39)16-5-2-1-3-6-16/h1-15H,(H,37,40)(H,36,38,39). The van der Waals surface area contributed by atoms with Gasteiger partial charge in [-0.05, 0) is 54.6 Å². The molecule has 40 heavy (non-hydrogen) atoms. The summed E-state index contributed by atoms with van der Waals surface area (Å²) in [5.41, 5.74) is 0.443. The molecule has 0 bridgehead atoms. The lowest BCUT2D eigenvalue weighted by Crippen LogP contribution is -2.15. The highest BCUT2D eigenvalue weighted by Crippen LogP contribution is 2.43. The summed E-state index contributed by atoms with van der Waals surface area (Å²) in [4.78, 5) is 34.6. The van der Waals surface area contributed by atoms with Crippen molar-refractivity contribution in [1.82, 2.24) is 9.97 Å². The second-order valence-corrected chi connectivity index (χ2v) is 9.37. The predicted octanol–water partition coefficient (Wildman–Crippen LogP) is 8.13. The van der Waals surface area contributed by atoms with Crippen molar-refractivity contribution in [3.63, 3.8) is 0 Å². The first-order valence-corrected chi connectivity index (χ1v) is 12.5. The molecule has 0 saturated carbocycles. The number of rotatable bonds is 5. The molecule has 3 aromatic carbocycles. The summed E-state index contributed by atoms with van der Waals surface area (Å²) in [6.07, 6.45) is -1.47. The quantitative estimate of drug-likeness (QED) is 0.220. The highest BCUT2D eigenvalue weighted by Gasteiger charge is 2.31. The van der Waals surface area contributed by atoms with Crippen LogP contribution in [-0.4, -0.2) is 21.8 Å². The van der Waals surface area contributed by atoms with E-state index in [1.165, 1.54) is 18.2 Å². The minimum atomic E-state index is -4.61. The van der Waals surface area contributed by atoms with Gasteiger partial charge in [-0.25, -0.2) is 4.98 Å². The van der Waals surface area contributed by atoms with Crippen LogP contribution < -0.4 is 10.6 Å². The fourth-order valence-corrected chi connectivity index (χ4v) is 4.62. The number of benzene rings is 3. The number of aromatic nitrogens is 2. The third kappa shape index (κ3) is 5.61. The second-order valence-electron chi connectivity index (χ2n) is 8.59. The number of alkyl halides is 3. The number of carbonyl (C=O) groups is 2. The molecule has 0 atom stereocenters. The van der Waals surface area contributed by atoms with E-state index in [0.29, 0.717) is 22.0 Å². The Morgan fingerprint density at radius 1 is 0.800 bits per heavy atom. The van der Waals surface area contributed by atoms with Gasteiger partial charge in [-0.15, -0.1) is 0 Å². The molecule has 5 rings (SSSR count). The number of amides is 2. The van der Waals surface area contributed by atoms with Crippen molar-refractivity contribution in [3.05, 3.63) is 118 Å². The van der Waals surface area contributed by atoms with E-state index in [1.807, 2.05) is 0 Å². The molecule has 11 heteroatoms. The number of nitrogens with one attached hydrogen (secondary N) is 2. The van der Waals surface area contributed by atoms with E-state index in [0.717, 1.165) is 18.2 Å². The van der Waals surface area contributed by atoms with Crippen LogP contribution in [0.4, 0.5) is 24.7 Å². The predicted molar refractivity (Wildman–Crippen MR) is 149 cm³/mol. The number of anilines is 2. The van der Waals surface area contributed by atoms with E-state index in [9.17, 15) is 22.8 Å². The van der Waals surface area contributed by atoms with Crippen molar-refractivity contribution in [2.24, 2.45) is 0 Å². The van der Waals surface area contributed by atoms with Crippen LogP contribution in [0.5, 0.6) is 0 Å². The SMILES string of the molecule is O=C(Nc1ccc(Cl)c(-c2cc3cnccc3nc2NC(=O)c2ccccc2)c1Cl)c1cccc(C(F)(F)F)c1. The molecule has 2 N–H and O–H groups in total. The Hall–Kier alpha value is -4.47. The average Bonchev–Trinajstić information content (AvgIpc) is 2.95. The van der Waals surface area contributed by atoms with E-state index < -0.39 is 23.6 Å². The van der Waals surface area contributed by atoms with Gasteiger partial charge in [-0.3, -0.25) is 14.6 Å². The summed E-state index contributed by atoms with van der Waals surface area (Å²) in [6, 6.07) is 18.8. The molecule has 5 aromatic rings. The molecule has 0 saturated heterocycles. The summed E-state index contributed by atoms with van der Waals surface area (Å²) in [7, 11) is 0. The number of fused-ring (bicyclic) bond motifs is 1. The Labute approximate surface area is 235 Å². The Bertz CT molecular complexity index is 1760. The van der Waals surface area contributed by atoms with E-state index in [2.05, 4.69) is 20.6 Å². The van der Waals surface area contributed by atoms with Gasteiger partial charge in [-0.1, -0.05) is 47.5 Å². The van der Waals surface area contributed by atoms with Gasteiger partial charge >= 0.3 is 6.18 Å². The monoisotopic (exact) mass is 580 g/mol. The van der Waals surface area contributed by atoms with Gasteiger partial charge in [0, 0.05) is 40.0 Å². The molecule has 0 aliphatic carbocycles. The maximum Gasteiger partial charge on any atom is 0.416 e. The first kappa shape index (κ1) is 27.1. The van der Waals surface area contributed by atoms with Crippen molar-refractivity contribution in [2.45, 2.75) is 6.18 Å². The molecule has 0 unspecified atom stereocenters. The van der Waals surface area contributed by atoms with E-state index in [-0.39, 0.29) is 32.7 Å². The second kappa shape index (κ2) is 11.0. The largest absolute Gasteiger partial charge is 0.416 e. The topological polar surface area (TPSA) is 84.0 Å². The van der Waals surface area contributed by atoms with Gasteiger partial charge < -0.3 is 10.6 Å². The number of hydrogen-bond donors (Lipinski definition) is 2. The minimum absolute atomic E-state index is 0.00641. The number of carbonyl (C=O) groups excluding carboxylic acids is 2. The molecular formula is C29H17Cl2F3N4O2. The lowest BCUT2D eigenvalue weighted by atomic mass is 10.0. The first-order chi connectivity index (χ1) is 19.1. The fraction of sp³-hybridized carbons (Fsp3) is 0.0345. The van der Waals surface area contributed by atoms with Crippen LogP contribution in [0.3, 0.4) is 0 Å². The molecule has 2 aromatic heterocycles. The summed E-state index contributed by atoms with van der Waals surface area (Å²) in [5.74, 6) is -1.08. The average molecular weight is 581 g/mol. The van der Waals surface area contributed by atoms with E-state index >= 15 is 0 Å². The lowest BCUT2D eigenvalue weighted by Gasteiger charge is -2.17. The Kier molecular flexibility index (Phi) is 7.42. The highest BCUT2D eigenvalue weighted by atomic mass is 35.5. The van der Waals surface area contributed by atoms with Crippen LogP contribution >= 0.6 is 23.2 Å². The fourth-order valence-electron chi connectivity index (χ4n) is 4.00. The number of nitrogens with zero attached hydrogens (tertiary/aromatic N) is 2. The van der Waals surface area contributed by atoms with E-state index in [4.69, 9.17) is 23.2 Å². The Morgan fingerprint density at radius 3 is 2.27 bits per heavy atom. The van der Waals surface area contributed by atoms with Crippen molar-refractivity contribution >= 4 is 57.4 Å². The number of pyridine rings is 2. The molecular weight excluding hydrogens is 564 g/mol. The molecule has 0 fully saturated rings. The van der Waals surface area contributed by atoms with Crippen LogP contribution in [0.2, 0.25) is 10.0 Å². The molecule has 6 nitrogen and oxygen atoms in total. The molecule has 0 aliphatic heterocycles. The molecule has 0 aliphatic rings. The third-order valence-electron chi connectivity index (χ3n) is 5.94. The van der Waals surface area contributed by atoms with Crippen molar-refractivity contribution in [3.8, 4) is 11.1 Å². The molecule has 0 spiro atoms. The summed E-state index contributed by atoms with van der Waals surface area (Å²) >= 11 is 13.3. The smallest absolute Gasteiger partial charge is 0.321 e. The van der Waals surface area contributed by atoms with Crippen LogP contribution in [0.1, 0.15) is 26.3 Å². The minimum Gasteiger partial charge on any atom is -0.321 e. The van der Waals surface area contributed by atoms with Crippen molar-refractivity contribution in [2.75, 3.05) is 10.6 Å². The summed E-state index contributed by atoms with van der Waals surface area (Å²) < 4.78 is 39.4. The zero-order valence-corrected chi connectivity index (χ0v) is 21.8. The van der Waals surface area contributed by atoms with Crippen LogP contribution in [-0.2, 0) is 6.18 Å². The maximum absolute atomic E-state index is 13.1. The molecule has 200 valence electrons. The molecule has 2 heterocycles. The molecule has 0 radical (unpaired) electrons. The summed E-state index contributed by atoms with van der Waals surface area (Å²) in [5, 5.41) is 6.15. The Morgan fingerprint density at radius 2 is 1.52 bits per heavy atom. The van der Waals surface area contributed by atoms with Gasteiger partial charge in [0.25, 0.3) is 11.8 Å². The van der Waals surface area contributed by atoms with Crippen molar-refractivity contribution in [1.29, 1.82) is 0 Å². The van der Waals surface area contributed by atoms with Gasteiger partial charge in [0.05, 0.1) is 26.8 Å². The number of halogens is 5. The third-order valence-corrected chi connectivity index (χ3v) is 6.65. The zero-order chi connectivity index (χ0) is 28.4. The van der Waals surface area contributed by atoms with Crippen LogP contribution in [0.25, 0.3) is 22.0 Å². The first-order valence-electron chi connectivity index (χ1n) is 11.7. The zero-order valence-electron chi connectivity index (χ0n) is 20.3. The van der Waals surface area contributed by atoms with Gasteiger partial charge in [0.1, 0.15) is 5.82 Å². The maximum atomic E-state index is 13.1. The number of hydrogen-bond acceptors (Lipinski definition) is 4. The van der Waals surface area contributed by atoms with Crippen LogP contribution in [0, 0.1) is 0 Å². The normalized spacial score (nSPS) is 11.3. The highest BCUT2D eigenvalue weighted by molar-refractivity contribution is 6.41. The van der Waals surface area contributed by atoms with Gasteiger partial charge in [0.2, 0.25) is 0 Å². The van der Waals surface area contributed by atoms with Gasteiger partial charge in [0.15, 0.2) is 0 Å². The lowest BCUT2D eigenvalue weighted by molar-refractivity contribution is -0.137. The summed E-state index contributed by atoms with van der Waals surface area (Å²) in [6.45, 7) is 0. The van der Waals surface area contributed by atoms with Crippen LogP contribution in [0.15, 0.2) is 91.3 Å². The van der Waals surface area contributed by atoms with Gasteiger partial charge in [-0.2, -0.15) is 13.2 Å². The molecule has 2 amide bonds. The van der Waals surface area contributed by atoms with E-state index in [1.54, 1.807) is 54.9 Å². The Balaban J connectivity index is 1.57. The van der Waals surface area contributed by atoms with Crippen molar-refractivity contribution < 1.29 is 22.8 Å².